The molecule has 0 saturated carbocycles. The molecule has 1 aliphatic heterocycles. The van der Waals surface area contributed by atoms with E-state index in [1.165, 1.54) is 19.3 Å². The number of terminal acetylenes is 1. The van der Waals surface area contributed by atoms with E-state index in [1.54, 1.807) is 0 Å². The van der Waals surface area contributed by atoms with Crippen molar-refractivity contribution in [2.24, 2.45) is 0 Å². The molecule has 1 saturated heterocycles. The Morgan fingerprint density at radius 3 is 3.00 bits per heavy atom. The van der Waals surface area contributed by atoms with Gasteiger partial charge in [-0.15, -0.1) is 12.3 Å². The van der Waals surface area contributed by atoms with Crippen LogP contribution in [0.2, 0.25) is 0 Å². The van der Waals surface area contributed by atoms with Crippen LogP contribution in [0.25, 0.3) is 0 Å². The van der Waals surface area contributed by atoms with Crippen molar-refractivity contribution < 1.29 is 4.74 Å². The molecule has 0 aliphatic carbocycles. The molecule has 0 spiro atoms. The van der Waals surface area contributed by atoms with Crippen LogP contribution in [-0.2, 0) is 4.74 Å². The van der Waals surface area contributed by atoms with Crippen LogP contribution >= 0.6 is 0 Å². The molecule has 1 rings (SSSR count). The average Bonchev–Trinajstić information content (AvgIpc) is 2.28. The monoisotopic (exact) mass is 209 g/mol. The maximum Gasteiger partial charge on any atom is 0.0590 e. The normalized spacial score (nSPS) is 23.3. The van der Waals surface area contributed by atoms with Crippen molar-refractivity contribution in [1.82, 2.24) is 5.32 Å². The van der Waals surface area contributed by atoms with Gasteiger partial charge in [-0.3, -0.25) is 0 Å². The number of ether oxygens (including phenoxy) is 1. The molecule has 2 unspecified atom stereocenters. The summed E-state index contributed by atoms with van der Waals surface area (Å²) in [5.41, 5.74) is 0. The number of hydrogen-bond acceptors (Lipinski definition) is 2. The van der Waals surface area contributed by atoms with E-state index in [1.807, 2.05) is 0 Å². The maximum atomic E-state index is 5.74. The van der Waals surface area contributed by atoms with E-state index in [0.29, 0.717) is 12.1 Å². The Hall–Kier alpha value is -0.520. The van der Waals surface area contributed by atoms with Gasteiger partial charge in [-0.05, 0) is 38.6 Å². The van der Waals surface area contributed by atoms with Gasteiger partial charge >= 0.3 is 0 Å². The fourth-order valence-electron chi connectivity index (χ4n) is 2.16. The second-order valence-corrected chi connectivity index (χ2v) is 4.22. The van der Waals surface area contributed by atoms with Crippen LogP contribution in [0.3, 0.4) is 0 Å². The number of rotatable bonds is 6. The third-order valence-corrected chi connectivity index (χ3v) is 2.95. The van der Waals surface area contributed by atoms with Crippen molar-refractivity contribution in [2.75, 3.05) is 13.2 Å². The molecular weight excluding hydrogens is 186 g/mol. The van der Waals surface area contributed by atoms with Crippen molar-refractivity contribution in [1.29, 1.82) is 0 Å². The SMILES string of the molecule is C#CCCC(CC1CCCCO1)NCC. The lowest BCUT2D eigenvalue weighted by molar-refractivity contribution is 0.00491. The summed E-state index contributed by atoms with van der Waals surface area (Å²) in [6.07, 6.45) is 12.6. The minimum atomic E-state index is 0.459. The second kappa shape index (κ2) is 7.73. The van der Waals surface area contributed by atoms with Crippen molar-refractivity contribution in [2.45, 2.75) is 57.6 Å². The van der Waals surface area contributed by atoms with Gasteiger partial charge in [0.1, 0.15) is 0 Å². The fourth-order valence-corrected chi connectivity index (χ4v) is 2.16. The third-order valence-electron chi connectivity index (χ3n) is 2.95. The minimum Gasteiger partial charge on any atom is -0.378 e. The summed E-state index contributed by atoms with van der Waals surface area (Å²) in [7, 11) is 0. The Morgan fingerprint density at radius 1 is 1.53 bits per heavy atom. The van der Waals surface area contributed by atoms with Gasteiger partial charge in [-0.1, -0.05) is 6.92 Å². The second-order valence-electron chi connectivity index (χ2n) is 4.22. The van der Waals surface area contributed by atoms with Crippen molar-refractivity contribution in [3.05, 3.63) is 0 Å². The molecule has 1 aliphatic rings. The van der Waals surface area contributed by atoms with Gasteiger partial charge in [-0.2, -0.15) is 0 Å². The Kier molecular flexibility index (Phi) is 6.47. The molecule has 15 heavy (non-hydrogen) atoms. The summed E-state index contributed by atoms with van der Waals surface area (Å²) in [5.74, 6) is 2.71. The minimum absolute atomic E-state index is 0.459. The number of hydrogen-bond donors (Lipinski definition) is 1. The van der Waals surface area contributed by atoms with E-state index in [9.17, 15) is 0 Å². The Balaban J connectivity index is 2.25. The topological polar surface area (TPSA) is 21.3 Å². The van der Waals surface area contributed by atoms with Crippen molar-refractivity contribution in [3.63, 3.8) is 0 Å². The molecule has 0 aromatic carbocycles. The molecule has 1 fully saturated rings. The van der Waals surface area contributed by atoms with Gasteiger partial charge in [0.05, 0.1) is 6.10 Å². The standard InChI is InChI=1S/C13H23NO/c1-3-5-8-12(14-4-2)11-13-9-6-7-10-15-13/h1,12-14H,4-11H2,2H3. The van der Waals surface area contributed by atoms with E-state index >= 15 is 0 Å². The van der Waals surface area contributed by atoms with Gasteiger partial charge in [0.2, 0.25) is 0 Å². The zero-order chi connectivity index (χ0) is 10.9. The van der Waals surface area contributed by atoms with E-state index in [-0.39, 0.29) is 0 Å². The molecular formula is C13H23NO. The molecule has 86 valence electrons. The molecule has 0 aromatic rings. The van der Waals surface area contributed by atoms with Crippen LogP contribution in [0.5, 0.6) is 0 Å². The third kappa shape index (κ3) is 5.20. The highest BCUT2D eigenvalue weighted by atomic mass is 16.5. The first-order chi connectivity index (χ1) is 7.36. The predicted molar refractivity (Wildman–Crippen MR) is 63.7 cm³/mol. The molecule has 0 aromatic heterocycles. The quantitative estimate of drug-likeness (QED) is 0.678. The summed E-state index contributed by atoms with van der Waals surface area (Å²) in [4.78, 5) is 0. The lowest BCUT2D eigenvalue weighted by Crippen LogP contribution is -2.34. The zero-order valence-corrected chi connectivity index (χ0v) is 9.80. The Labute approximate surface area is 93.8 Å². The first kappa shape index (κ1) is 12.5. The van der Waals surface area contributed by atoms with Gasteiger partial charge < -0.3 is 10.1 Å². The van der Waals surface area contributed by atoms with Gasteiger partial charge in [0.25, 0.3) is 0 Å². The highest BCUT2D eigenvalue weighted by molar-refractivity contribution is 4.86. The van der Waals surface area contributed by atoms with Crippen LogP contribution < -0.4 is 5.32 Å². The van der Waals surface area contributed by atoms with E-state index in [2.05, 4.69) is 18.2 Å². The Bertz CT molecular complexity index is 191. The summed E-state index contributed by atoms with van der Waals surface area (Å²) >= 11 is 0. The number of nitrogens with one attached hydrogen (secondary N) is 1. The highest BCUT2D eigenvalue weighted by Gasteiger charge is 2.18. The molecule has 1 heterocycles. The summed E-state index contributed by atoms with van der Waals surface area (Å²) in [5, 5.41) is 3.49. The molecule has 2 heteroatoms. The Morgan fingerprint density at radius 2 is 2.40 bits per heavy atom. The van der Waals surface area contributed by atoms with Crippen LogP contribution in [0.1, 0.15) is 45.4 Å². The van der Waals surface area contributed by atoms with E-state index in [0.717, 1.165) is 32.4 Å². The smallest absolute Gasteiger partial charge is 0.0590 e. The van der Waals surface area contributed by atoms with Crippen LogP contribution in [-0.4, -0.2) is 25.3 Å². The van der Waals surface area contributed by atoms with Gasteiger partial charge in [0, 0.05) is 19.1 Å². The van der Waals surface area contributed by atoms with Crippen LogP contribution in [0.15, 0.2) is 0 Å². The molecule has 1 N–H and O–H groups in total. The average molecular weight is 209 g/mol. The van der Waals surface area contributed by atoms with Crippen LogP contribution in [0, 0.1) is 12.3 Å². The van der Waals surface area contributed by atoms with E-state index < -0.39 is 0 Å². The van der Waals surface area contributed by atoms with Gasteiger partial charge in [0.15, 0.2) is 0 Å². The molecule has 2 atom stereocenters. The van der Waals surface area contributed by atoms with Gasteiger partial charge in [-0.25, -0.2) is 0 Å². The molecule has 2 nitrogen and oxygen atoms in total. The van der Waals surface area contributed by atoms with Crippen molar-refractivity contribution >= 4 is 0 Å². The first-order valence-corrected chi connectivity index (χ1v) is 6.15. The van der Waals surface area contributed by atoms with E-state index in [4.69, 9.17) is 11.2 Å². The first-order valence-electron chi connectivity index (χ1n) is 6.15. The lowest BCUT2D eigenvalue weighted by Gasteiger charge is -2.27. The summed E-state index contributed by atoms with van der Waals surface area (Å²) in [6, 6.07) is 0.536. The summed E-state index contributed by atoms with van der Waals surface area (Å²) in [6.45, 7) is 4.10. The lowest BCUT2D eigenvalue weighted by atomic mass is 9.99. The zero-order valence-electron chi connectivity index (χ0n) is 9.80. The maximum absolute atomic E-state index is 5.74. The summed E-state index contributed by atoms with van der Waals surface area (Å²) < 4.78 is 5.74. The highest BCUT2D eigenvalue weighted by Crippen LogP contribution is 2.18. The molecule has 0 amide bonds. The molecule has 0 bridgehead atoms. The van der Waals surface area contributed by atoms with Crippen LogP contribution in [0.4, 0.5) is 0 Å². The fraction of sp³-hybridized carbons (Fsp3) is 0.846. The van der Waals surface area contributed by atoms with Crippen molar-refractivity contribution in [3.8, 4) is 12.3 Å². The predicted octanol–water partition coefficient (Wildman–Crippen LogP) is 2.34. The molecule has 0 radical (unpaired) electrons. The largest absolute Gasteiger partial charge is 0.378 e.